The summed E-state index contributed by atoms with van der Waals surface area (Å²) in [5.41, 5.74) is 1.91. The fourth-order valence-electron chi connectivity index (χ4n) is 3.08. The molecule has 2 aromatic rings. The quantitative estimate of drug-likeness (QED) is 0.901. The van der Waals surface area contributed by atoms with Gasteiger partial charge in [-0.05, 0) is 51.1 Å². The van der Waals surface area contributed by atoms with Gasteiger partial charge in [0, 0.05) is 12.0 Å². The SMILES string of the molecule is CCn1c(C2(C)CCNCC2)nc2ccc(F)cc21. The number of rotatable bonds is 2. The van der Waals surface area contributed by atoms with Crippen molar-refractivity contribution in [1.82, 2.24) is 14.9 Å². The molecule has 102 valence electrons. The number of benzene rings is 1. The Morgan fingerprint density at radius 1 is 1.37 bits per heavy atom. The molecule has 0 spiro atoms. The molecule has 0 saturated carbocycles. The zero-order chi connectivity index (χ0) is 13.5. The van der Waals surface area contributed by atoms with E-state index in [2.05, 4.69) is 23.7 Å². The van der Waals surface area contributed by atoms with Crippen LogP contribution in [-0.4, -0.2) is 22.6 Å². The van der Waals surface area contributed by atoms with Gasteiger partial charge in [0.05, 0.1) is 11.0 Å². The van der Waals surface area contributed by atoms with Crippen LogP contribution in [0.15, 0.2) is 18.2 Å². The van der Waals surface area contributed by atoms with E-state index in [0.717, 1.165) is 49.3 Å². The molecular formula is C15H20FN3. The highest BCUT2D eigenvalue weighted by Crippen LogP contribution is 2.34. The van der Waals surface area contributed by atoms with Gasteiger partial charge in [0.15, 0.2) is 0 Å². The normalized spacial score (nSPS) is 18.9. The molecule has 1 aromatic carbocycles. The summed E-state index contributed by atoms with van der Waals surface area (Å²) in [6.45, 7) is 7.26. The number of nitrogens with one attached hydrogen (secondary N) is 1. The number of piperidine rings is 1. The smallest absolute Gasteiger partial charge is 0.125 e. The standard InChI is InChI=1S/C15H20FN3/c1-3-19-13-10-11(16)4-5-12(13)18-14(19)15(2)6-8-17-9-7-15/h4-5,10,17H,3,6-9H2,1-2H3. The van der Waals surface area contributed by atoms with E-state index in [1.54, 1.807) is 12.1 Å². The molecule has 1 N–H and O–H groups in total. The Bertz CT molecular complexity index is 597. The Morgan fingerprint density at radius 3 is 2.79 bits per heavy atom. The molecule has 1 aliphatic rings. The lowest BCUT2D eigenvalue weighted by Gasteiger charge is -2.33. The van der Waals surface area contributed by atoms with E-state index in [-0.39, 0.29) is 11.2 Å². The highest BCUT2D eigenvalue weighted by molar-refractivity contribution is 5.76. The Balaban J connectivity index is 2.17. The summed E-state index contributed by atoms with van der Waals surface area (Å²) in [6.07, 6.45) is 2.16. The first kappa shape index (κ1) is 12.6. The first-order chi connectivity index (χ1) is 9.14. The number of nitrogens with zero attached hydrogens (tertiary/aromatic N) is 2. The van der Waals surface area contributed by atoms with Crippen LogP contribution in [-0.2, 0) is 12.0 Å². The summed E-state index contributed by atoms with van der Waals surface area (Å²) in [7, 11) is 0. The van der Waals surface area contributed by atoms with E-state index < -0.39 is 0 Å². The van der Waals surface area contributed by atoms with Gasteiger partial charge < -0.3 is 9.88 Å². The first-order valence-corrected chi connectivity index (χ1v) is 7.01. The Hall–Kier alpha value is -1.42. The van der Waals surface area contributed by atoms with Crippen molar-refractivity contribution in [1.29, 1.82) is 0 Å². The van der Waals surface area contributed by atoms with Crippen LogP contribution in [0, 0.1) is 5.82 Å². The van der Waals surface area contributed by atoms with Gasteiger partial charge in [0.2, 0.25) is 0 Å². The Kier molecular flexibility index (Phi) is 3.05. The number of aryl methyl sites for hydroxylation is 1. The van der Waals surface area contributed by atoms with Crippen LogP contribution in [0.1, 0.15) is 32.5 Å². The summed E-state index contributed by atoms with van der Waals surface area (Å²) >= 11 is 0. The second kappa shape index (κ2) is 4.60. The zero-order valence-corrected chi connectivity index (χ0v) is 11.5. The van der Waals surface area contributed by atoms with Crippen LogP contribution in [0.4, 0.5) is 4.39 Å². The predicted octanol–water partition coefficient (Wildman–Crippen LogP) is 2.84. The van der Waals surface area contributed by atoms with Crippen molar-refractivity contribution in [3.8, 4) is 0 Å². The second-order valence-electron chi connectivity index (χ2n) is 5.62. The Morgan fingerprint density at radius 2 is 2.11 bits per heavy atom. The third kappa shape index (κ3) is 2.04. The van der Waals surface area contributed by atoms with Crippen LogP contribution >= 0.6 is 0 Å². The third-order valence-electron chi connectivity index (χ3n) is 4.27. The maximum atomic E-state index is 13.4. The molecule has 1 aliphatic heterocycles. The van der Waals surface area contributed by atoms with Crippen molar-refractivity contribution in [2.45, 2.75) is 38.6 Å². The molecule has 19 heavy (non-hydrogen) atoms. The first-order valence-electron chi connectivity index (χ1n) is 7.01. The highest BCUT2D eigenvalue weighted by Gasteiger charge is 2.33. The van der Waals surface area contributed by atoms with Crippen molar-refractivity contribution in [3.05, 3.63) is 29.8 Å². The van der Waals surface area contributed by atoms with Crippen LogP contribution in [0.2, 0.25) is 0 Å². The number of hydrogen-bond acceptors (Lipinski definition) is 2. The maximum absolute atomic E-state index is 13.4. The topological polar surface area (TPSA) is 29.9 Å². The molecule has 0 atom stereocenters. The minimum absolute atomic E-state index is 0.0940. The third-order valence-corrected chi connectivity index (χ3v) is 4.27. The average molecular weight is 261 g/mol. The van der Waals surface area contributed by atoms with Gasteiger partial charge in [-0.2, -0.15) is 0 Å². The van der Waals surface area contributed by atoms with Gasteiger partial charge in [-0.25, -0.2) is 9.37 Å². The summed E-state index contributed by atoms with van der Waals surface area (Å²) in [4.78, 5) is 4.79. The van der Waals surface area contributed by atoms with E-state index in [0.29, 0.717) is 0 Å². The fraction of sp³-hybridized carbons (Fsp3) is 0.533. The van der Waals surface area contributed by atoms with Crippen LogP contribution in [0.25, 0.3) is 11.0 Å². The van der Waals surface area contributed by atoms with Crippen molar-refractivity contribution < 1.29 is 4.39 Å². The number of aromatic nitrogens is 2. The minimum Gasteiger partial charge on any atom is -0.328 e. The fourth-order valence-corrected chi connectivity index (χ4v) is 3.08. The summed E-state index contributed by atoms with van der Waals surface area (Å²) in [6, 6.07) is 4.87. The molecule has 0 aliphatic carbocycles. The van der Waals surface area contributed by atoms with Gasteiger partial charge in [-0.1, -0.05) is 6.92 Å². The molecular weight excluding hydrogens is 241 g/mol. The summed E-state index contributed by atoms with van der Waals surface area (Å²) in [5, 5.41) is 3.39. The van der Waals surface area contributed by atoms with Crippen molar-refractivity contribution in [2.75, 3.05) is 13.1 Å². The van der Waals surface area contributed by atoms with E-state index in [4.69, 9.17) is 4.98 Å². The molecule has 1 aromatic heterocycles. The van der Waals surface area contributed by atoms with Gasteiger partial charge >= 0.3 is 0 Å². The number of hydrogen-bond donors (Lipinski definition) is 1. The van der Waals surface area contributed by atoms with Gasteiger partial charge in [-0.15, -0.1) is 0 Å². The summed E-state index contributed by atoms with van der Waals surface area (Å²) in [5.74, 6) is 0.918. The van der Waals surface area contributed by atoms with E-state index >= 15 is 0 Å². The lowest BCUT2D eigenvalue weighted by Crippen LogP contribution is -2.39. The van der Waals surface area contributed by atoms with Crippen LogP contribution < -0.4 is 5.32 Å². The maximum Gasteiger partial charge on any atom is 0.125 e. The molecule has 3 rings (SSSR count). The molecule has 4 heteroatoms. The average Bonchev–Trinajstić information content (AvgIpc) is 2.78. The lowest BCUT2D eigenvalue weighted by atomic mass is 9.80. The largest absolute Gasteiger partial charge is 0.328 e. The second-order valence-corrected chi connectivity index (χ2v) is 5.62. The minimum atomic E-state index is -0.191. The molecule has 1 saturated heterocycles. The predicted molar refractivity (Wildman–Crippen MR) is 74.8 cm³/mol. The van der Waals surface area contributed by atoms with Gasteiger partial charge in [0.25, 0.3) is 0 Å². The Labute approximate surface area is 112 Å². The zero-order valence-electron chi connectivity index (χ0n) is 11.5. The molecule has 0 amide bonds. The number of imidazole rings is 1. The number of halogens is 1. The summed E-state index contributed by atoms with van der Waals surface area (Å²) < 4.78 is 15.6. The monoisotopic (exact) mass is 261 g/mol. The van der Waals surface area contributed by atoms with E-state index in [1.807, 2.05) is 0 Å². The van der Waals surface area contributed by atoms with E-state index in [9.17, 15) is 4.39 Å². The van der Waals surface area contributed by atoms with Crippen molar-refractivity contribution in [2.24, 2.45) is 0 Å². The molecule has 1 fully saturated rings. The van der Waals surface area contributed by atoms with Gasteiger partial charge in [0.1, 0.15) is 11.6 Å². The molecule has 0 bridgehead atoms. The lowest BCUT2D eigenvalue weighted by molar-refractivity contribution is 0.310. The van der Waals surface area contributed by atoms with Crippen molar-refractivity contribution in [3.63, 3.8) is 0 Å². The van der Waals surface area contributed by atoms with Crippen LogP contribution in [0.3, 0.4) is 0 Å². The highest BCUT2D eigenvalue weighted by atomic mass is 19.1. The van der Waals surface area contributed by atoms with E-state index in [1.165, 1.54) is 6.07 Å². The molecule has 0 radical (unpaired) electrons. The molecule has 0 unspecified atom stereocenters. The van der Waals surface area contributed by atoms with Gasteiger partial charge in [-0.3, -0.25) is 0 Å². The number of fused-ring (bicyclic) bond motifs is 1. The van der Waals surface area contributed by atoms with Crippen molar-refractivity contribution >= 4 is 11.0 Å². The molecule has 3 nitrogen and oxygen atoms in total. The van der Waals surface area contributed by atoms with Crippen LogP contribution in [0.5, 0.6) is 0 Å². The molecule has 2 heterocycles.